The van der Waals surface area contributed by atoms with Gasteiger partial charge >= 0.3 is 6.18 Å². The summed E-state index contributed by atoms with van der Waals surface area (Å²) in [4.78, 5) is 2.34. The molecule has 0 aliphatic rings. The van der Waals surface area contributed by atoms with Crippen LogP contribution in [0.4, 0.5) is 17.6 Å². The number of hydrogen-bond donors (Lipinski definition) is 0. The third-order valence-electron chi connectivity index (χ3n) is 1.69. The lowest BCUT2D eigenvalue weighted by Crippen LogP contribution is -2.09. The number of nitrogens with zero attached hydrogens (tertiary/aromatic N) is 3. The van der Waals surface area contributed by atoms with E-state index in [0.717, 1.165) is 12.1 Å². The van der Waals surface area contributed by atoms with Gasteiger partial charge in [0.05, 0.1) is 12.1 Å². The summed E-state index contributed by atoms with van der Waals surface area (Å²) in [5, 5.41) is 3.00. The van der Waals surface area contributed by atoms with Gasteiger partial charge in [0.15, 0.2) is 0 Å². The Morgan fingerprint density at radius 1 is 1.33 bits per heavy atom. The van der Waals surface area contributed by atoms with Crippen molar-refractivity contribution in [2.75, 3.05) is 0 Å². The fourth-order valence-corrected chi connectivity index (χ4v) is 1.03. The number of azide groups is 1. The SMILES string of the molecule is [N-]=[N+]=NCc1cccc(C(F)(F)F)c1F. The Hall–Kier alpha value is -1.75. The maximum Gasteiger partial charge on any atom is 0.419 e. The van der Waals surface area contributed by atoms with Crippen molar-refractivity contribution in [2.24, 2.45) is 5.11 Å². The maximum atomic E-state index is 13.2. The Balaban J connectivity index is 3.17. The lowest BCUT2D eigenvalue weighted by Gasteiger charge is -2.09. The first-order chi connectivity index (χ1) is 6.96. The predicted octanol–water partition coefficient (Wildman–Crippen LogP) is 3.65. The quantitative estimate of drug-likeness (QED) is 0.315. The van der Waals surface area contributed by atoms with Gasteiger partial charge in [0.25, 0.3) is 0 Å². The van der Waals surface area contributed by atoms with Gasteiger partial charge in [0.1, 0.15) is 5.82 Å². The number of benzene rings is 1. The van der Waals surface area contributed by atoms with Crippen LogP contribution in [0.2, 0.25) is 0 Å². The summed E-state index contributed by atoms with van der Waals surface area (Å²) in [5.41, 5.74) is 6.33. The van der Waals surface area contributed by atoms with Gasteiger partial charge in [-0.3, -0.25) is 0 Å². The third kappa shape index (κ3) is 2.60. The Bertz CT molecular complexity index is 407. The molecule has 80 valence electrons. The van der Waals surface area contributed by atoms with E-state index in [1.54, 1.807) is 0 Å². The van der Waals surface area contributed by atoms with E-state index in [-0.39, 0.29) is 5.56 Å². The highest BCUT2D eigenvalue weighted by molar-refractivity contribution is 5.28. The van der Waals surface area contributed by atoms with Crippen LogP contribution in [-0.4, -0.2) is 0 Å². The summed E-state index contributed by atoms with van der Waals surface area (Å²) in [5.74, 6) is -1.39. The summed E-state index contributed by atoms with van der Waals surface area (Å²) in [6, 6.07) is 2.84. The summed E-state index contributed by atoms with van der Waals surface area (Å²) < 4.78 is 49.8. The van der Waals surface area contributed by atoms with Crippen LogP contribution >= 0.6 is 0 Å². The normalized spacial score (nSPS) is 10.9. The zero-order chi connectivity index (χ0) is 11.5. The van der Waals surface area contributed by atoms with Crippen LogP contribution in [0.25, 0.3) is 10.4 Å². The molecule has 3 nitrogen and oxygen atoms in total. The smallest absolute Gasteiger partial charge is 0.206 e. The summed E-state index contributed by atoms with van der Waals surface area (Å²) in [7, 11) is 0. The topological polar surface area (TPSA) is 48.8 Å². The molecule has 0 amide bonds. The number of alkyl halides is 3. The molecule has 0 aromatic heterocycles. The minimum Gasteiger partial charge on any atom is -0.206 e. The molecule has 0 aliphatic heterocycles. The van der Waals surface area contributed by atoms with Gasteiger partial charge in [-0.1, -0.05) is 17.2 Å². The Morgan fingerprint density at radius 2 is 2.00 bits per heavy atom. The molecule has 0 bridgehead atoms. The van der Waals surface area contributed by atoms with Crippen molar-refractivity contribution in [2.45, 2.75) is 12.7 Å². The van der Waals surface area contributed by atoms with Crippen LogP contribution in [0.1, 0.15) is 11.1 Å². The van der Waals surface area contributed by atoms with E-state index >= 15 is 0 Å². The van der Waals surface area contributed by atoms with Crippen molar-refractivity contribution in [1.29, 1.82) is 0 Å². The van der Waals surface area contributed by atoms with E-state index in [1.165, 1.54) is 0 Å². The van der Waals surface area contributed by atoms with Crippen molar-refractivity contribution in [3.05, 3.63) is 45.6 Å². The highest BCUT2D eigenvalue weighted by atomic mass is 19.4. The van der Waals surface area contributed by atoms with Gasteiger partial charge in [0.2, 0.25) is 0 Å². The van der Waals surface area contributed by atoms with Crippen LogP contribution < -0.4 is 0 Å². The van der Waals surface area contributed by atoms with Crippen molar-refractivity contribution in [3.63, 3.8) is 0 Å². The molecular formula is C8H5F4N3. The highest BCUT2D eigenvalue weighted by Gasteiger charge is 2.34. The molecule has 1 aromatic carbocycles. The number of halogens is 4. The minimum atomic E-state index is -4.74. The maximum absolute atomic E-state index is 13.2. The molecular weight excluding hydrogens is 214 g/mol. The molecule has 0 fully saturated rings. The van der Waals surface area contributed by atoms with Gasteiger partial charge in [-0.2, -0.15) is 13.2 Å². The molecule has 0 saturated carbocycles. The zero-order valence-electron chi connectivity index (χ0n) is 7.29. The highest BCUT2D eigenvalue weighted by Crippen LogP contribution is 2.32. The van der Waals surface area contributed by atoms with Crippen molar-refractivity contribution < 1.29 is 17.6 Å². The van der Waals surface area contributed by atoms with Crippen molar-refractivity contribution in [3.8, 4) is 0 Å². The number of rotatable bonds is 2. The van der Waals surface area contributed by atoms with Gasteiger partial charge < -0.3 is 0 Å². The molecule has 0 radical (unpaired) electrons. The first-order valence-corrected chi connectivity index (χ1v) is 3.82. The molecule has 1 rings (SSSR count). The molecule has 15 heavy (non-hydrogen) atoms. The lowest BCUT2D eigenvalue weighted by atomic mass is 10.1. The molecule has 0 saturated heterocycles. The van der Waals surface area contributed by atoms with Crippen molar-refractivity contribution in [1.82, 2.24) is 0 Å². The largest absolute Gasteiger partial charge is 0.419 e. The first kappa shape index (κ1) is 11.3. The second kappa shape index (κ2) is 4.18. The zero-order valence-corrected chi connectivity index (χ0v) is 7.29. The van der Waals surface area contributed by atoms with Gasteiger partial charge in [-0.15, -0.1) is 0 Å². The lowest BCUT2D eigenvalue weighted by molar-refractivity contribution is -0.140. The Kier molecular flexibility index (Phi) is 3.16. The standard InChI is InChI=1S/C8H5F4N3/c9-7-5(4-14-15-13)2-1-3-6(7)8(10,11)12/h1-3H,4H2. The summed E-state index contributed by atoms with van der Waals surface area (Å²) in [6.45, 7) is -0.438. The molecule has 0 aliphatic carbocycles. The van der Waals surface area contributed by atoms with E-state index in [9.17, 15) is 17.6 Å². The Morgan fingerprint density at radius 3 is 2.53 bits per heavy atom. The van der Waals surface area contributed by atoms with Crippen LogP contribution in [0, 0.1) is 5.82 Å². The predicted molar refractivity (Wildman–Crippen MR) is 44.3 cm³/mol. The molecule has 0 unspecified atom stereocenters. The summed E-state index contributed by atoms with van der Waals surface area (Å²) >= 11 is 0. The fraction of sp³-hybridized carbons (Fsp3) is 0.250. The molecule has 7 heteroatoms. The molecule has 1 aromatic rings. The van der Waals surface area contributed by atoms with E-state index in [0.29, 0.717) is 6.07 Å². The van der Waals surface area contributed by atoms with E-state index in [2.05, 4.69) is 10.0 Å². The summed E-state index contributed by atoms with van der Waals surface area (Å²) in [6.07, 6.45) is -4.74. The van der Waals surface area contributed by atoms with Crippen LogP contribution in [0.3, 0.4) is 0 Å². The van der Waals surface area contributed by atoms with Crippen LogP contribution in [-0.2, 0) is 12.7 Å². The van der Waals surface area contributed by atoms with Gasteiger partial charge in [0, 0.05) is 4.91 Å². The second-order valence-corrected chi connectivity index (χ2v) is 2.67. The van der Waals surface area contributed by atoms with Gasteiger partial charge in [-0.25, -0.2) is 4.39 Å². The van der Waals surface area contributed by atoms with Crippen LogP contribution in [0.15, 0.2) is 23.3 Å². The molecule has 0 N–H and O–H groups in total. The monoisotopic (exact) mass is 219 g/mol. The minimum absolute atomic E-state index is 0.275. The molecule has 0 atom stereocenters. The fourth-order valence-electron chi connectivity index (χ4n) is 1.03. The molecule has 0 heterocycles. The van der Waals surface area contributed by atoms with Crippen LogP contribution in [0.5, 0.6) is 0 Å². The second-order valence-electron chi connectivity index (χ2n) is 2.67. The number of hydrogen-bond acceptors (Lipinski definition) is 1. The van der Waals surface area contributed by atoms with E-state index in [4.69, 9.17) is 5.53 Å². The third-order valence-corrected chi connectivity index (χ3v) is 1.69. The first-order valence-electron chi connectivity index (χ1n) is 3.82. The van der Waals surface area contributed by atoms with Crippen molar-refractivity contribution >= 4 is 0 Å². The van der Waals surface area contributed by atoms with E-state index < -0.39 is 24.1 Å². The van der Waals surface area contributed by atoms with Gasteiger partial charge in [-0.05, 0) is 17.2 Å². The Labute approximate surface area is 82.0 Å². The molecule has 0 spiro atoms. The van der Waals surface area contributed by atoms with E-state index in [1.807, 2.05) is 0 Å². The average Bonchev–Trinajstić information content (AvgIpc) is 2.14. The average molecular weight is 219 g/mol.